The number of halogens is 1. The topological polar surface area (TPSA) is 0 Å². The van der Waals surface area contributed by atoms with Crippen molar-refractivity contribution in [1.29, 1.82) is 0 Å². The van der Waals surface area contributed by atoms with Gasteiger partial charge in [0.2, 0.25) is 0 Å². The second kappa shape index (κ2) is 3.12. The van der Waals surface area contributed by atoms with Crippen LogP contribution in [0, 0.1) is 11.8 Å². The second-order valence-electron chi connectivity index (χ2n) is 4.37. The Balaban J connectivity index is 2.48. The Bertz CT molecular complexity index is 121. The molecule has 1 fully saturated rings. The highest BCUT2D eigenvalue weighted by Gasteiger charge is 2.36. The van der Waals surface area contributed by atoms with Crippen LogP contribution in [0.5, 0.6) is 0 Å². The fourth-order valence-corrected chi connectivity index (χ4v) is 1.82. The summed E-state index contributed by atoms with van der Waals surface area (Å²) in [5, 5.41) is 0. The van der Waals surface area contributed by atoms with E-state index in [4.69, 9.17) is 0 Å². The summed E-state index contributed by atoms with van der Waals surface area (Å²) in [5.41, 5.74) is -0.841. The van der Waals surface area contributed by atoms with Gasteiger partial charge in [-0.25, -0.2) is 4.39 Å². The Labute approximate surface area is 69.2 Å². The van der Waals surface area contributed by atoms with Gasteiger partial charge in [-0.2, -0.15) is 0 Å². The molecule has 0 aliphatic heterocycles. The summed E-state index contributed by atoms with van der Waals surface area (Å²) in [7, 11) is 0. The van der Waals surface area contributed by atoms with Crippen LogP contribution in [0.1, 0.15) is 46.5 Å². The van der Waals surface area contributed by atoms with Crippen molar-refractivity contribution in [2.24, 2.45) is 11.8 Å². The molecule has 0 nitrogen and oxygen atoms in total. The van der Waals surface area contributed by atoms with Crippen LogP contribution in [0.2, 0.25) is 0 Å². The third-order valence-corrected chi connectivity index (χ3v) is 3.14. The average Bonchev–Trinajstić information content (AvgIpc) is 1.95. The van der Waals surface area contributed by atoms with Crippen LogP contribution in [0.25, 0.3) is 0 Å². The fourth-order valence-electron chi connectivity index (χ4n) is 1.82. The molecule has 0 heterocycles. The molecule has 0 amide bonds. The van der Waals surface area contributed by atoms with Crippen LogP contribution < -0.4 is 0 Å². The zero-order chi connectivity index (χ0) is 8.48. The van der Waals surface area contributed by atoms with Crippen molar-refractivity contribution >= 4 is 0 Å². The quantitative estimate of drug-likeness (QED) is 0.547. The Morgan fingerprint density at radius 2 is 1.73 bits per heavy atom. The van der Waals surface area contributed by atoms with E-state index < -0.39 is 5.67 Å². The maximum atomic E-state index is 13.9. The van der Waals surface area contributed by atoms with Gasteiger partial charge < -0.3 is 0 Å². The predicted molar refractivity (Wildman–Crippen MR) is 46.3 cm³/mol. The summed E-state index contributed by atoms with van der Waals surface area (Å²) in [6, 6.07) is 0. The lowest BCUT2D eigenvalue weighted by Crippen LogP contribution is -2.34. The average molecular weight is 158 g/mol. The number of alkyl halides is 1. The Kier molecular flexibility index (Phi) is 2.56. The number of hydrogen-bond donors (Lipinski definition) is 0. The second-order valence-corrected chi connectivity index (χ2v) is 4.37. The van der Waals surface area contributed by atoms with Gasteiger partial charge in [0, 0.05) is 0 Å². The zero-order valence-electron chi connectivity index (χ0n) is 7.86. The van der Waals surface area contributed by atoms with E-state index in [2.05, 4.69) is 6.92 Å². The minimum Gasteiger partial charge on any atom is -0.244 e. The van der Waals surface area contributed by atoms with E-state index in [-0.39, 0.29) is 5.92 Å². The molecule has 0 spiro atoms. The minimum absolute atomic E-state index is 0.204. The van der Waals surface area contributed by atoms with Crippen molar-refractivity contribution in [3.05, 3.63) is 0 Å². The van der Waals surface area contributed by atoms with Gasteiger partial charge in [-0.1, -0.05) is 20.8 Å². The van der Waals surface area contributed by atoms with Gasteiger partial charge in [0.15, 0.2) is 0 Å². The van der Waals surface area contributed by atoms with Gasteiger partial charge in [0.1, 0.15) is 5.67 Å². The molecule has 1 heteroatoms. The van der Waals surface area contributed by atoms with Crippen LogP contribution in [0.3, 0.4) is 0 Å². The third kappa shape index (κ3) is 1.94. The number of hydrogen-bond acceptors (Lipinski definition) is 0. The number of rotatable bonds is 1. The molecule has 11 heavy (non-hydrogen) atoms. The first-order chi connectivity index (χ1) is 5.04. The van der Waals surface area contributed by atoms with Crippen LogP contribution in [-0.4, -0.2) is 5.67 Å². The molecule has 0 bridgehead atoms. The SMILES string of the molecule is CC(C)[C@]1(F)CC[C@@H](C)CC1. The molecule has 0 aromatic rings. The first kappa shape index (κ1) is 9.02. The molecule has 0 atom stereocenters. The smallest absolute Gasteiger partial charge is 0.113 e. The standard InChI is InChI=1S/C10H19F/c1-8(2)10(11)6-4-9(3)5-7-10/h8-9H,4-7H2,1-3H3/t9-,10+. The van der Waals surface area contributed by atoms with E-state index in [1.807, 2.05) is 13.8 Å². The molecule has 1 saturated carbocycles. The monoisotopic (exact) mass is 158 g/mol. The normalized spacial score (nSPS) is 39.5. The largest absolute Gasteiger partial charge is 0.244 e. The van der Waals surface area contributed by atoms with E-state index >= 15 is 0 Å². The maximum Gasteiger partial charge on any atom is 0.113 e. The summed E-state index contributed by atoms with van der Waals surface area (Å²) in [6.07, 6.45) is 3.72. The van der Waals surface area contributed by atoms with Crippen LogP contribution >= 0.6 is 0 Å². The van der Waals surface area contributed by atoms with E-state index in [1.54, 1.807) is 0 Å². The molecular weight excluding hydrogens is 139 g/mol. The van der Waals surface area contributed by atoms with E-state index in [9.17, 15) is 4.39 Å². The zero-order valence-corrected chi connectivity index (χ0v) is 7.86. The van der Waals surface area contributed by atoms with Gasteiger partial charge in [0.25, 0.3) is 0 Å². The predicted octanol–water partition coefficient (Wildman–Crippen LogP) is 3.56. The highest BCUT2D eigenvalue weighted by Crippen LogP contribution is 2.39. The lowest BCUT2D eigenvalue weighted by atomic mass is 9.75. The highest BCUT2D eigenvalue weighted by atomic mass is 19.1. The third-order valence-electron chi connectivity index (χ3n) is 3.14. The summed E-state index contributed by atoms with van der Waals surface area (Å²) in [5.74, 6) is 0.952. The van der Waals surface area contributed by atoms with Crippen molar-refractivity contribution in [3.8, 4) is 0 Å². The molecule has 0 radical (unpaired) electrons. The summed E-state index contributed by atoms with van der Waals surface area (Å²) >= 11 is 0. The van der Waals surface area contributed by atoms with Gasteiger partial charge in [0.05, 0.1) is 0 Å². The lowest BCUT2D eigenvalue weighted by Gasteiger charge is -2.35. The molecule has 0 saturated heterocycles. The molecule has 1 aliphatic rings. The highest BCUT2D eigenvalue weighted by molar-refractivity contribution is 4.87. The van der Waals surface area contributed by atoms with Crippen molar-refractivity contribution < 1.29 is 4.39 Å². The first-order valence-corrected chi connectivity index (χ1v) is 4.73. The molecule has 0 aromatic carbocycles. The van der Waals surface area contributed by atoms with Crippen LogP contribution in [0.15, 0.2) is 0 Å². The van der Waals surface area contributed by atoms with Crippen molar-refractivity contribution in [2.45, 2.75) is 52.1 Å². The van der Waals surface area contributed by atoms with Crippen LogP contribution in [-0.2, 0) is 0 Å². The fraction of sp³-hybridized carbons (Fsp3) is 1.00. The molecule has 1 rings (SSSR count). The van der Waals surface area contributed by atoms with E-state index in [0.717, 1.165) is 31.6 Å². The van der Waals surface area contributed by atoms with E-state index in [0.29, 0.717) is 0 Å². The molecule has 0 aromatic heterocycles. The van der Waals surface area contributed by atoms with Gasteiger partial charge in [-0.05, 0) is 37.5 Å². The Morgan fingerprint density at radius 3 is 2.09 bits per heavy atom. The van der Waals surface area contributed by atoms with Gasteiger partial charge >= 0.3 is 0 Å². The van der Waals surface area contributed by atoms with Gasteiger partial charge in [-0.15, -0.1) is 0 Å². The maximum absolute atomic E-state index is 13.9. The molecule has 0 unspecified atom stereocenters. The van der Waals surface area contributed by atoms with Gasteiger partial charge in [-0.3, -0.25) is 0 Å². The van der Waals surface area contributed by atoms with Crippen molar-refractivity contribution in [3.63, 3.8) is 0 Å². The van der Waals surface area contributed by atoms with Crippen molar-refractivity contribution in [1.82, 2.24) is 0 Å². The van der Waals surface area contributed by atoms with E-state index in [1.165, 1.54) is 0 Å². The Morgan fingerprint density at radius 1 is 1.27 bits per heavy atom. The summed E-state index contributed by atoms with van der Waals surface area (Å²) in [6.45, 7) is 6.21. The Hall–Kier alpha value is -0.0700. The van der Waals surface area contributed by atoms with Crippen molar-refractivity contribution in [2.75, 3.05) is 0 Å². The van der Waals surface area contributed by atoms with Crippen LogP contribution in [0.4, 0.5) is 4.39 Å². The minimum atomic E-state index is -0.841. The molecular formula is C10H19F. The lowest BCUT2D eigenvalue weighted by molar-refractivity contribution is 0.0402. The molecule has 66 valence electrons. The molecule has 1 aliphatic carbocycles. The summed E-state index contributed by atoms with van der Waals surface area (Å²) in [4.78, 5) is 0. The molecule has 0 N–H and O–H groups in total. The first-order valence-electron chi connectivity index (χ1n) is 4.73. The summed E-state index contributed by atoms with van der Waals surface area (Å²) < 4.78 is 13.9.